The number of hydrogen-bond donors (Lipinski definition) is 2. The summed E-state index contributed by atoms with van der Waals surface area (Å²) in [5.74, 6) is 0.666. The van der Waals surface area contributed by atoms with Crippen molar-refractivity contribution in [1.29, 1.82) is 0 Å². The second kappa shape index (κ2) is 4.81. The molecule has 1 aromatic rings. The van der Waals surface area contributed by atoms with E-state index in [0.717, 1.165) is 26.2 Å². The molecule has 3 heteroatoms. The average molecular weight is 207 g/mol. The van der Waals surface area contributed by atoms with Gasteiger partial charge in [0.1, 0.15) is 0 Å². The average Bonchev–Trinajstić information content (AvgIpc) is 2.72. The van der Waals surface area contributed by atoms with Crippen molar-refractivity contribution < 1.29 is 0 Å². The third kappa shape index (κ3) is 2.41. The van der Waals surface area contributed by atoms with Crippen LogP contribution in [0.2, 0.25) is 0 Å². The second-order valence-electron chi connectivity index (χ2n) is 4.62. The third-order valence-corrected chi connectivity index (χ3v) is 3.14. The van der Waals surface area contributed by atoms with E-state index in [4.69, 9.17) is 0 Å². The van der Waals surface area contributed by atoms with Crippen molar-refractivity contribution >= 4 is 0 Å². The standard InChI is InChI=1S/C12H21N3/c1-10(2)12(11-3-4-14-9-11)15-7-5-13-6-8-15/h3-4,9-10,12-14H,5-8H2,1-2H3. The van der Waals surface area contributed by atoms with Gasteiger partial charge in [-0.3, -0.25) is 4.90 Å². The number of rotatable bonds is 3. The van der Waals surface area contributed by atoms with Crippen molar-refractivity contribution in [2.75, 3.05) is 26.2 Å². The van der Waals surface area contributed by atoms with Crippen molar-refractivity contribution in [3.63, 3.8) is 0 Å². The third-order valence-electron chi connectivity index (χ3n) is 3.14. The number of nitrogens with zero attached hydrogens (tertiary/aromatic N) is 1. The smallest absolute Gasteiger partial charge is 0.0387 e. The van der Waals surface area contributed by atoms with Crippen LogP contribution in [0.25, 0.3) is 0 Å². The molecule has 0 radical (unpaired) electrons. The maximum atomic E-state index is 3.40. The topological polar surface area (TPSA) is 31.1 Å². The van der Waals surface area contributed by atoms with Crippen molar-refractivity contribution in [3.8, 4) is 0 Å². The van der Waals surface area contributed by atoms with Gasteiger partial charge in [0, 0.05) is 44.6 Å². The molecular weight excluding hydrogens is 186 g/mol. The SMILES string of the molecule is CC(C)C(c1cc[nH]c1)N1CCNCC1. The molecule has 0 bridgehead atoms. The van der Waals surface area contributed by atoms with Gasteiger partial charge in [-0.2, -0.15) is 0 Å². The predicted molar refractivity (Wildman–Crippen MR) is 62.8 cm³/mol. The van der Waals surface area contributed by atoms with E-state index in [0.29, 0.717) is 12.0 Å². The molecule has 1 unspecified atom stereocenters. The summed E-state index contributed by atoms with van der Waals surface area (Å²) in [5, 5.41) is 3.40. The van der Waals surface area contributed by atoms with Crippen LogP contribution in [-0.2, 0) is 0 Å². The molecule has 0 amide bonds. The summed E-state index contributed by atoms with van der Waals surface area (Å²) in [4.78, 5) is 5.75. The molecule has 1 aliphatic heterocycles. The quantitative estimate of drug-likeness (QED) is 0.789. The molecule has 0 aliphatic carbocycles. The molecule has 2 heterocycles. The van der Waals surface area contributed by atoms with Gasteiger partial charge in [-0.05, 0) is 17.5 Å². The van der Waals surface area contributed by atoms with Crippen molar-refractivity contribution in [2.24, 2.45) is 5.92 Å². The van der Waals surface area contributed by atoms with E-state index in [1.165, 1.54) is 5.56 Å². The minimum Gasteiger partial charge on any atom is -0.367 e. The van der Waals surface area contributed by atoms with Gasteiger partial charge in [0.15, 0.2) is 0 Å². The maximum Gasteiger partial charge on any atom is 0.0387 e. The highest BCUT2D eigenvalue weighted by molar-refractivity contribution is 5.15. The molecule has 15 heavy (non-hydrogen) atoms. The Morgan fingerprint density at radius 3 is 2.53 bits per heavy atom. The van der Waals surface area contributed by atoms with Crippen LogP contribution in [0.1, 0.15) is 25.5 Å². The van der Waals surface area contributed by atoms with Gasteiger partial charge in [-0.1, -0.05) is 13.8 Å². The van der Waals surface area contributed by atoms with Gasteiger partial charge in [-0.15, -0.1) is 0 Å². The van der Waals surface area contributed by atoms with Crippen LogP contribution in [0.3, 0.4) is 0 Å². The summed E-state index contributed by atoms with van der Waals surface area (Å²) in [6.45, 7) is 9.17. The van der Waals surface area contributed by atoms with Crippen LogP contribution in [-0.4, -0.2) is 36.1 Å². The van der Waals surface area contributed by atoms with Crippen LogP contribution in [0.4, 0.5) is 0 Å². The highest BCUT2D eigenvalue weighted by atomic mass is 15.2. The molecule has 1 atom stereocenters. The normalized spacial score (nSPS) is 20.7. The fraction of sp³-hybridized carbons (Fsp3) is 0.667. The fourth-order valence-electron chi connectivity index (χ4n) is 2.50. The van der Waals surface area contributed by atoms with Crippen molar-refractivity contribution in [3.05, 3.63) is 24.0 Å². The number of aromatic amines is 1. The molecule has 0 aromatic carbocycles. The Morgan fingerprint density at radius 1 is 1.27 bits per heavy atom. The largest absolute Gasteiger partial charge is 0.367 e. The van der Waals surface area contributed by atoms with Crippen LogP contribution in [0, 0.1) is 5.92 Å². The lowest BCUT2D eigenvalue weighted by molar-refractivity contribution is 0.137. The summed E-state index contributed by atoms with van der Waals surface area (Å²) < 4.78 is 0. The molecule has 3 nitrogen and oxygen atoms in total. The zero-order valence-electron chi connectivity index (χ0n) is 9.66. The monoisotopic (exact) mass is 207 g/mol. The minimum absolute atomic E-state index is 0.568. The fourth-order valence-corrected chi connectivity index (χ4v) is 2.50. The molecule has 2 rings (SSSR count). The van der Waals surface area contributed by atoms with Crippen LogP contribution >= 0.6 is 0 Å². The summed E-state index contributed by atoms with van der Waals surface area (Å²) in [5.41, 5.74) is 1.42. The minimum atomic E-state index is 0.568. The van der Waals surface area contributed by atoms with Crippen molar-refractivity contribution in [2.45, 2.75) is 19.9 Å². The molecule has 1 aromatic heterocycles. The van der Waals surface area contributed by atoms with Gasteiger partial charge in [0.2, 0.25) is 0 Å². The van der Waals surface area contributed by atoms with Crippen LogP contribution in [0.15, 0.2) is 18.5 Å². The molecule has 0 saturated carbocycles. The highest BCUT2D eigenvalue weighted by Gasteiger charge is 2.24. The first-order chi connectivity index (χ1) is 7.29. The van der Waals surface area contributed by atoms with Gasteiger partial charge >= 0.3 is 0 Å². The zero-order chi connectivity index (χ0) is 10.7. The Morgan fingerprint density at radius 2 is 2.00 bits per heavy atom. The predicted octanol–water partition coefficient (Wildman–Crippen LogP) is 1.62. The number of piperazine rings is 1. The van der Waals surface area contributed by atoms with Crippen molar-refractivity contribution in [1.82, 2.24) is 15.2 Å². The van der Waals surface area contributed by atoms with E-state index in [1.807, 2.05) is 6.20 Å². The molecular formula is C12H21N3. The first-order valence-corrected chi connectivity index (χ1v) is 5.86. The Labute approximate surface area is 91.9 Å². The van der Waals surface area contributed by atoms with Gasteiger partial charge in [-0.25, -0.2) is 0 Å². The Balaban J connectivity index is 2.12. The van der Waals surface area contributed by atoms with E-state index >= 15 is 0 Å². The van der Waals surface area contributed by atoms with Gasteiger partial charge in [0.05, 0.1) is 0 Å². The Kier molecular flexibility index (Phi) is 3.44. The molecule has 1 aliphatic rings. The van der Waals surface area contributed by atoms with Crippen LogP contribution < -0.4 is 5.32 Å². The lowest BCUT2D eigenvalue weighted by Crippen LogP contribution is -2.46. The molecule has 1 fully saturated rings. The van der Waals surface area contributed by atoms with E-state index in [-0.39, 0.29) is 0 Å². The maximum absolute atomic E-state index is 3.40. The number of H-pyrrole nitrogens is 1. The van der Waals surface area contributed by atoms with Gasteiger partial charge < -0.3 is 10.3 Å². The molecule has 2 N–H and O–H groups in total. The van der Waals surface area contributed by atoms with E-state index in [9.17, 15) is 0 Å². The number of hydrogen-bond acceptors (Lipinski definition) is 2. The molecule has 0 spiro atoms. The first kappa shape index (κ1) is 10.7. The summed E-state index contributed by atoms with van der Waals surface area (Å²) >= 11 is 0. The van der Waals surface area contributed by atoms with Gasteiger partial charge in [0.25, 0.3) is 0 Å². The number of aromatic nitrogens is 1. The number of nitrogens with one attached hydrogen (secondary N) is 2. The van der Waals surface area contributed by atoms with E-state index in [1.54, 1.807) is 0 Å². The lowest BCUT2D eigenvalue weighted by atomic mass is 9.96. The van der Waals surface area contributed by atoms with E-state index in [2.05, 4.69) is 41.3 Å². The lowest BCUT2D eigenvalue weighted by Gasteiger charge is -2.37. The molecule has 84 valence electrons. The van der Waals surface area contributed by atoms with E-state index < -0.39 is 0 Å². The first-order valence-electron chi connectivity index (χ1n) is 5.86. The Hall–Kier alpha value is -0.800. The summed E-state index contributed by atoms with van der Waals surface area (Å²) in [6.07, 6.45) is 4.15. The summed E-state index contributed by atoms with van der Waals surface area (Å²) in [7, 11) is 0. The Bertz CT molecular complexity index is 273. The molecule has 1 saturated heterocycles. The second-order valence-corrected chi connectivity index (χ2v) is 4.62. The van der Waals surface area contributed by atoms with Crippen LogP contribution in [0.5, 0.6) is 0 Å². The highest BCUT2D eigenvalue weighted by Crippen LogP contribution is 2.28. The summed E-state index contributed by atoms with van der Waals surface area (Å²) in [6, 6.07) is 2.77. The zero-order valence-corrected chi connectivity index (χ0v) is 9.66.